The van der Waals surface area contributed by atoms with Crippen molar-refractivity contribution in [1.82, 2.24) is 4.90 Å². The summed E-state index contributed by atoms with van der Waals surface area (Å²) < 4.78 is 0. The van der Waals surface area contributed by atoms with E-state index in [1.807, 2.05) is 25.7 Å². The fourth-order valence-corrected chi connectivity index (χ4v) is 1.04. The van der Waals surface area contributed by atoms with Gasteiger partial charge in [-0.05, 0) is 20.4 Å². The van der Waals surface area contributed by atoms with E-state index in [4.69, 9.17) is 10.8 Å². The molecule has 0 aliphatic rings. The Morgan fingerprint density at radius 1 is 1.58 bits per heavy atom. The van der Waals surface area contributed by atoms with Crippen molar-refractivity contribution in [2.75, 3.05) is 13.1 Å². The Labute approximate surface area is 73.3 Å². The normalized spacial score (nSPS) is 13.8. The number of nitrogens with zero attached hydrogens (tertiary/aromatic N) is 1. The summed E-state index contributed by atoms with van der Waals surface area (Å²) >= 11 is 0. The number of likely N-dealkylation sites (N-methyl/N-ethyl adjacent to an activating group) is 1. The van der Waals surface area contributed by atoms with Crippen molar-refractivity contribution in [3.63, 3.8) is 0 Å². The zero-order valence-corrected chi connectivity index (χ0v) is 7.95. The highest BCUT2D eigenvalue weighted by atomic mass is 16.4. The highest BCUT2D eigenvalue weighted by molar-refractivity contribution is 5.73. The molecule has 3 N–H and O–H groups in total. The van der Waals surface area contributed by atoms with Crippen molar-refractivity contribution in [3.8, 4) is 0 Å². The lowest BCUT2D eigenvalue weighted by molar-refractivity contribution is -0.139. The molecule has 0 amide bonds. The van der Waals surface area contributed by atoms with Crippen LogP contribution in [0.5, 0.6) is 0 Å². The zero-order valence-electron chi connectivity index (χ0n) is 7.95. The van der Waals surface area contributed by atoms with E-state index >= 15 is 0 Å². The quantitative estimate of drug-likeness (QED) is 0.621. The highest BCUT2D eigenvalue weighted by Crippen LogP contribution is 1.98. The molecule has 12 heavy (non-hydrogen) atoms. The predicted molar refractivity (Wildman–Crippen MR) is 48.0 cm³/mol. The molecule has 0 saturated carbocycles. The Balaban J connectivity index is 3.93. The van der Waals surface area contributed by atoms with Crippen LogP contribution >= 0.6 is 0 Å². The van der Waals surface area contributed by atoms with Crippen LogP contribution in [0.25, 0.3) is 0 Å². The molecule has 4 nitrogen and oxygen atoms in total. The molecule has 0 aromatic rings. The first-order valence-corrected chi connectivity index (χ1v) is 4.21. The minimum absolute atomic E-state index is 0.348. The monoisotopic (exact) mass is 174 g/mol. The third-order valence-electron chi connectivity index (χ3n) is 1.88. The minimum Gasteiger partial charge on any atom is -0.480 e. The molecule has 0 bridgehead atoms. The lowest BCUT2D eigenvalue weighted by atomic mass is 10.2. The molecule has 0 fully saturated rings. The SMILES string of the molecule is CCN(CC(N)C(=O)O)C(C)C. The number of rotatable bonds is 5. The van der Waals surface area contributed by atoms with E-state index < -0.39 is 12.0 Å². The van der Waals surface area contributed by atoms with E-state index in [1.165, 1.54) is 0 Å². The van der Waals surface area contributed by atoms with Gasteiger partial charge < -0.3 is 10.8 Å². The Bertz CT molecular complexity index is 148. The molecule has 4 heteroatoms. The molecule has 0 aromatic heterocycles. The Kier molecular flexibility index (Phi) is 4.85. The Hall–Kier alpha value is -0.610. The molecule has 0 aliphatic heterocycles. The van der Waals surface area contributed by atoms with Crippen LogP contribution in [0.4, 0.5) is 0 Å². The molecule has 0 spiro atoms. The van der Waals surface area contributed by atoms with Crippen molar-refractivity contribution in [2.24, 2.45) is 5.73 Å². The highest BCUT2D eigenvalue weighted by Gasteiger charge is 2.16. The van der Waals surface area contributed by atoms with Gasteiger partial charge in [-0.25, -0.2) is 0 Å². The second kappa shape index (κ2) is 5.11. The van der Waals surface area contributed by atoms with E-state index in [0.717, 1.165) is 6.54 Å². The van der Waals surface area contributed by atoms with Gasteiger partial charge in [0.1, 0.15) is 6.04 Å². The van der Waals surface area contributed by atoms with Crippen LogP contribution in [-0.2, 0) is 4.79 Å². The third-order valence-corrected chi connectivity index (χ3v) is 1.88. The molecule has 1 unspecified atom stereocenters. The van der Waals surface area contributed by atoms with Gasteiger partial charge in [0, 0.05) is 12.6 Å². The van der Waals surface area contributed by atoms with Gasteiger partial charge in [0.15, 0.2) is 0 Å². The molecule has 0 aromatic carbocycles. The van der Waals surface area contributed by atoms with Gasteiger partial charge in [0.05, 0.1) is 0 Å². The van der Waals surface area contributed by atoms with Gasteiger partial charge in [-0.2, -0.15) is 0 Å². The van der Waals surface area contributed by atoms with Gasteiger partial charge in [-0.15, -0.1) is 0 Å². The Morgan fingerprint density at radius 2 is 2.08 bits per heavy atom. The molecule has 0 aliphatic carbocycles. The van der Waals surface area contributed by atoms with Gasteiger partial charge in [-0.3, -0.25) is 9.69 Å². The number of hydrogen-bond donors (Lipinski definition) is 2. The largest absolute Gasteiger partial charge is 0.480 e. The van der Waals surface area contributed by atoms with Crippen LogP contribution in [0.1, 0.15) is 20.8 Å². The van der Waals surface area contributed by atoms with Crippen LogP contribution in [0.15, 0.2) is 0 Å². The summed E-state index contributed by atoms with van der Waals surface area (Å²) in [5.41, 5.74) is 5.39. The van der Waals surface area contributed by atoms with E-state index in [2.05, 4.69) is 0 Å². The van der Waals surface area contributed by atoms with Crippen LogP contribution in [-0.4, -0.2) is 41.1 Å². The number of carboxylic acid groups (broad SMARTS) is 1. The molecule has 1 atom stereocenters. The third kappa shape index (κ3) is 3.69. The smallest absolute Gasteiger partial charge is 0.321 e. The molecule has 72 valence electrons. The van der Waals surface area contributed by atoms with E-state index in [9.17, 15) is 4.79 Å². The van der Waals surface area contributed by atoms with Gasteiger partial charge in [-0.1, -0.05) is 6.92 Å². The minimum atomic E-state index is -0.936. The van der Waals surface area contributed by atoms with Crippen LogP contribution < -0.4 is 5.73 Å². The fraction of sp³-hybridized carbons (Fsp3) is 0.875. The topological polar surface area (TPSA) is 66.6 Å². The molecule has 0 radical (unpaired) electrons. The lowest BCUT2D eigenvalue weighted by Crippen LogP contribution is -2.45. The lowest BCUT2D eigenvalue weighted by Gasteiger charge is -2.26. The number of aliphatic carboxylic acids is 1. The maximum Gasteiger partial charge on any atom is 0.321 e. The van der Waals surface area contributed by atoms with E-state index in [1.54, 1.807) is 0 Å². The standard InChI is InChI=1S/C8H18N2O2/c1-4-10(6(2)3)5-7(9)8(11)12/h6-7H,4-5,9H2,1-3H3,(H,11,12). The molecular weight excluding hydrogens is 156 g/mol. The summed E-state index contributed by atoms with van der Waals surface area (Å²) in [7, 11) is 0. The summed E-state index contributed by atoms with van der Waals surface area (Å²) in [5, 5.41) is 8.56. The summed E-state index contributed by atoms with van der Waals surface area (Å²) in [6.45, 7) is 7.30. The summed E-state index contributed by atoms with van der Waals surface area (Å²) in [5.74, 6) is -0.936. The average molecular weight is 174 g/mol. The first kappa shape index (κ1) is 11.4. The predicted octanol–water partition coefficient (Wildman–Crippen LogP) is 0.129. The van der Waals surface area contributed by atoms with Crippen LogP contribution in [0.2, 0.25) is 0 Å². The van der Waals surface area contributed by atoms with Crippen LogP contribution in [0.3, 0.4) is 0 Å². The number of carboxylic acids is 1. The fourth-order valence-electron chi connectivity index (χ4n) is 1.04. The summed E-state index contributed by atoms with van der Waals surface area (Å²) in [4.78, 5) is 12.4. The molecule has 0 heterocycles. The van der Waals surface area contributed by atoms with Crippen LogP contribution in [0, 0.1) is 0 Å². The second-order valence-electron chi connectivity index (χ2n) is 3.13. The summed E-state index contributed by atoms with van der Waals surface area (Å²) in [6.07, 6.45) is 0. The first-order valence-electron chi connectivity index (χ1n) is 4.21. The maximum absolute atomic E-state index is 10.4. The van der Waals surface area contributed by atoms with E-state index in [-0.39, 0.29) is 0 Å². The number of nitrogens with two attached hydrogens (primary N) is 1. The molecule has 0 saturated heterocycles. The first-order chi connectivity index (χ1) is 5.49. The van der Waals surface area contributed by atoms with Crippen molar-refractivity contribution < 1.29 is 9.90 Å². The number of hydrogen-bond acceptors (Lipinski definition) is 3. The average Bonchev–Trinajstić information content (AvgIpc) is 1.98. The van der Waals surface area contributed by atoms with Gasteiger partial charge in [0.25, 0.3) is 0 Å². The zero-order chi connectivity index (χ0) is 9.72. The van der Waals surface area contributed by atoms with Crippen molar-refractivity contribution in [3.05, 3.63) is 0 Å². The molecule has 0 rings (SSSR count). The van der Waals surface area contributed by atoms with Crippen molar-refractivity contribution in [1.29, 1.82) is 0 Å². The van der Waals surface area contributed by atoms with Crippen molar-refractivity contribution >= 4 is 5.97 Å². The van der Waals surface area contributed by atoms with E-state index in [0.29, 0.717) is 12.6 Å². The number of carbonyl (C=O) groups is 1. The second-order valence-corrected chi connectivity index (χ2v) is 3.13. The van der Waals surface area contributed by atoms with Gasteiger partial charge >= 0.3 is 5.97 Å². The molecular formula is C8H18N2O2. The maximum atomic E-state index is 10.4. The summed E-state index contributed by atoms with van der Waals surface area (Å²) in [6, 6.07) is -0.423. The van der Waals surface area contributed by atoms with Crippen molar-refractivity contribution in [2.45, 2.75) is 32.9 Å². The van der Waals surface area contributed by atoms with Gasteiger partial charge in [0.2, 0.25) is 0 Å². The Morgan fingerprint density at radius 3 is 2.33 bits per heavy atom.